The molecule has 3 aromatic carbocycles. The van der Waals surface area contributed by atoms with Crippen LogP contribution in [0.25, 0.3) is 0 Å². The number of esters is 1. The van der Waals surface area contributed by atoms with Crippen molar-refractivity contribution in [2.45, 2.75) is 50.8 Å². The first kappa shape index (κ1) is 29.5. The number of fused-ring (bicyclic) bond motifs is 1. The molecule has 4 aromatic rings. The van der Waals surface area contributed by atoms with Gasteiger partial charge in [0.1, 0.15) is 12.6 Å². The highest BCUT2D eigenvalue weighted by atomic mass is 35.5. The predicted molar refractivity (Wildman–Crippen MR) is 165 cm³/mol. The van der Waals surface area contributed by atoms with E-state index in [1.165, 1.54) is 11.8 Å². The van der Waals surface area contributed by atoms with E-state index in [-0.39, 0.29) is 0 Å². The molecule has 2 heterocycles. The molecule has 5 rings (SSSR count). The first-order valence-corrected chi connectivity index (χ1v) is 15.3. The number of nitrogens with zero attached hydrogens (tertiary/aromatic N) is 3. The Labute approximate surface area is 255 Å². The Balaban J connectivity index is 1.49. The number of benzene rings is 3. The molecule has 0 fully saturated rings. The summed E-state index contributed by atoms with van der Waals surface area (Å²) < 4.78 is 19.5. The van der Waals surface area contributed by atoms with E-state index in [0.29, 0.717) is 64.5 Å². The fourth-order valence-electron chi connectivity index (χ4n) is 4.61. The summed E-state index contributed by atoms with van der Waals surface area (Å²) >= 11 is 7.84. The van der Waals surface area contributed by atoms with Crippen LogP contribution in [-0.4, -0.2) is 33.9 Å². The van der Waals surface area contributed by atoms with Crippen LogP contribution in [0, 0.1) is 0 Å². The third kappa shape index (κ3) is 6.74. The minimum Gasteiger partial charge on any atom is -0.490 e. The summed E-state index contributed by atoms with van der Waals surface area (Å²) in [5.74, 6) is 1.93. The zero-order chi connectivity index (χ0) is 29.5. The van der Waals surface area contributed by atoms with Crippen molar-refractivity contribution in [3.05, 3.63) is 106 Å². The molecule has 1 aromatic heterocycles. The van der Waals surface area contributed by atoms with Crippen LogP contribution in [0.5, 0.6) is 11.5 Å². The minimum absolute atomic E-state index is 0.321. The van der Waals surface area contributed by atoms with Crippen LogP contribution in [0.2, 0.25) is 5.02 Å². The molecule has 8 nitrogen and oxygen atoms in total. The molecule has 1 unspecified atom stereocenters. The van der Waals surface area contributed by atoms with E-state index in [2.05, 4.69) is 5.32 Å². The van der Waals surface area contributed by atoms with Crippen LogP contribution in [0.4, 0.5) is 5.95 Å². The van der Waals surface area contributed by atoms with Crippen molar-refractivity contribution in [2.24, 2.45) is 0 Å². The Hall–Kier alpha value is -3.95. The molecular formula is C32H33ClN4O4S. The Morgan fingerprint density at radius 3 is 2.57 bits per heavy atom. The molecular weight excluding hydrogens is 572 g/mol. The number of hydrogen-bond acceptors (Lipinski definition) is 8. The van der Waals surface area contributed by atoms with E-state index in [1.807, 2.05) is 93.6 Å². The molecule has 0 saturated heterocycles. The number of carbonyl (C=O) groups excluding carboxylic acids is 1. The van der Waals surface area contributed by atoms with Crippen molar-refractivity contribution in [2.75, 3.05) is 18.5 Å². The number of anilines is 1. The van der Waals surface area contributed by atoms with Gasteiger partial charge in [0.15, 0.2) is 11.5 Å². The third-order valence-corrected chi connectivity index (χ3v) is 7.88. The van der Waals surface area contributed by atoms with Crippen molar-refractivity contribution in [3.8, 4) is 11.5 Å². The maximum atomic E-state index is 13.4. The molecule has 0 saturated carbocycles. The average Bonchev–Trinajstić information content (AvgIpc) is 3.41. The van der Waals surface area contributed by atoms with Gasteiger partial charge in [-0.1, -0.05) is 84.9 Å². The second-order valence-corrected chi connectivity index (χ2v) is 11.0. The van der Waals surface area contributed by atoms with Crippen molar-refractivity contribution >= 4 is 35.3 Å². The van der Waals surface area contributed by atoms with Gasteiger partial charge in [0.25, 0.3) is 0 Å². The Bertz CT molecular complexity index is 1570. The van der Waals surface area contributed by atoms with E-state index in [4.69, 9.17) is 35.9 Å². The normalized spacial score (nSPS) is 14.2. The molecule has 10 heteroatoms. The Morgan fingerprint density at radius 2 is 1.81 bits per heavy atom. The van der Waals surface area contributed by atoms with Crippen molar-refractivity contribution in [1.29, 1.82) is 0 Å². The average molecular weight is 605 g/mol. The maximum absolute atomic E-state index is 13.4. The highest BCUT2D eigenvalue weighted by Gasteiger charge is 2.36. The maximum Gasteiger partial charge on any atom is 0.338 e. The van der Waals surface area contributed by atoms with Crippen molar-refractivity contribution < 1.29 is 19.0 Å². The minimum atomic E-state index is -0.588. The second-order valence-electron chi connectivity index (χ2n) is 9.66. The first-order valence-electron chi connectivity index (χ1n) is 13.9. The van der Waals surface area contributed by atoms with Crippen LogP contribution in [0.15, 0.2) is 89.2 Å². The van der Waals surface area contributed by atoms with Crippen molar-refractivity contribution in [3.63, 3.8) is 0 Å². The highest BCUT2D eigenvalue weighted by molar-refractivity contribution is 7.98. The molecule has 0 spiro atoms. The fraction of sp³-hybridized carbons (Fsp3) is 0.281. The lowest BCUT2D eigenvalue weighted by atomic mass is 9.95. The predicted octanol–water partition coefficient (Wildman–Crippen LogP) is 7.44. The number of nitrogens with one attached hydrogen (secondary N) is 1. The molecule has 1 N–H and O–H groups in total. The summed E-state index contributed by atoms with van der Waals surface area (Å²) in [6, 6.07) is 22.8. The highest BCUT2D eigenvalue weighted by Crippen LogP contribution is 2.40. The Morgan fingerprint density at radius 1 is 1.02 bits per heavy atom. The summed E-state index contributed by atoms with van der Waals surface area (Å²) in [4.78, 5) is 18.1. The number of thioether (sulfide) groups is 1. The van der Waals surface area contributed by atoms with E-state index >= 15 is 0 Å². The second kappa shape index (κ2) is 13.8. The molecule has 42 heavy (non-hydrogen) atoms. The summed E-state index contributed by atoms with van der Waals surface area (Å²) in [5, 5.41) is 9.34. The number of carbonyl (C=O) groups is 1. The van der Waals surface area contributed by atoms with E-state index in [0.717, 1.165) is 23.1 Å². The monoisotopic (exact) mass is 604 g/mol. The lowest BCUT2D eigenvalue weighted by Crippen LogP contribution is -2.29. The molecule has 1 aliphatic rings. The van der Waals surface area contributed by atoms with E-state index in [1.54, 1.807) is 4.68 Å². The summed E-state index contributed by atoms with van der Waals surface area (Å²) in [7, 11) is 0. The van der Waals surface area contributed by atoms with Crippen LogP contribution < -0.4 is 14.8 Å². The number of rotatable bonds is 12. The van der Waals surface area contributed by atoms with Gasteiger partial charge in [-0.25, -0.2) is 9.48 Å². The van der Waals surface area contributed by atoms with Crippen LogP contribution in [-0.2, 0) is 21.9 Å². The summed E-state index contributed by atoms with van der Waals surface area (Å²) in [6.07, 6.45) is 0.718. The quantitative estimate of drug-likeness (QED) is 0.132. The van der Waals surface area contributed by atoms with Gasteiger partial charge in [-0.05, 0) is 55.2 Å². The zero-order valence-electron chi connectivity index (χ0n) is 23.8. The number of ether oxygens (including phenoxy) is 3. The number of allylic oxidation sites excluding steroid dienone is 1. The molecule has 1 atom stereocenters. The summed E-state index contributed by atoms with van der Waals surface area (Å²) in [6.45, 7) is 6.92. The van der Waals surface area contributed by atoms with Gasteiger partial charge in [-0.3, -0.25) is 0 Å². The van der Waals surface area contributed by atoms with Gasteiger partial charge < -0.3 is 19.5 Å². The smallest absolute Gasteiger partial charge is 0.338 e. The summed E-state index contributed by atoms with van der Waals surface area (Å²) in [5.41, 5.74) is 3.96. The van der Waals surface area contributed by atoms with Gasteiger partial charge in [0, 0.05) is 16.5 Å². The lowest BCUT2D eigenvalue weighted by Gasteiger charge is -2.28. The number of hydrogen-bond donors (Lipinski definition) is 1. The first-order chi connectivity index (χ1) is 20.5. The van der Waals surface area contributed by atoms with Gasteiger partial charge >= 0.3 is 5.97 Å². The van der Waals surface area contributed by atoms with Gasteiger partial charge in [0.05, 0.1) is 18.8 Å². The fourth-order valence-corrected chi connectivity index (χ4v) is 5.73. The van der Waals surface area contributed by atoms with Gasteiger partial charge in [0.2, 0.25) is 11.1 Å². The molecule has 218 valence electrons. The molecule has 0 amide bonds. The topological polar surface area (TPSA) is 87.5 Å². The zero-order valence-corrected chi connectivity index (χ0v) is 25.4. The Kier molecular flexibility index (Phi) is 9.71. The number of aromatic nitrogens is 3. The van der Waals surface area contributed by atoms with Crippen LogP contribution >= 0.6 is 23.4 Å². The largest absolute Gasteiger partial charge is 0.490 e. The lowest BCUT2D eigenvalue weighted by molar-refractivity contribution is -0.139. The molecule has 0 radical (unpaired) electrons. The third-order valence-electron chi connectivity index (χ3n) is 6.63. The number of halogens is 1. The van der Waals surface area contributed by atoms with Gasteiger partial charge in [-0.15, -0.1) is 5.10 Å². The van der Waals surface area contributed by atoms with Crippen LogP contribution in [0.3, 0.4) is 0 Å². The van der Waals surface area contributed by atoms with Crippen LogP contribution in [0.1, 0.15) is 49.9 Å². The standard InChI is InChI=1S/C32H33ClN4O4S/c1-4-17-40-30(38)28-21(3)34-31-35-32(42-20-24-13-9-10-14-25(24)33)36-37(31)29(28)23-15-16-26(27(18-23)39-5-2)41-19-22-11-7-6-8-12-22/h6-16,18,29H,4-5,17,19-20H2,1-3H3,(H,34,35,36). The van der Waals surface area contributed by atoms with Gasteiger partial charge in [-0.2, -0.15) is 4.98 Å². The molecule has 0 aliphatic carbocycles. The van der Waals surface area contributed by atoms with E-state index in [9.17, 15) is 4.79 Å². The molecule has 0 bridgehead atoms. The van der Waals surface area contributed by atoms with Crippen molar-refractivity contribution in [1.82, 2.24) is 14.8 Å². The van der Waals surface area contributed by atoms with E-state index < -0.39 is 12.0 Å². The SMILES string of the molecule is CCCOC(=O)C1=C(C)Nc2nc(SCc3ccccc3Cl)nn2C1c1ccc(OCc2ccccc2)c(OCC)c1. The molecule has 1 aliphatic heterocycles.